The molecular weight excluding hydrogens is 344 g/mol. The molecule has 5 heteroatoms. The van der Waals surface area contributed by atoms with Gasteiger partial charge in [-0.2, -0.15) is 4.31 Å². The van der Waals surface area contributed by atoms with Gasteiger partial charge in [0.15, 0.2) is 0 Å². The van der Waals surface area contributed by atoms with Crippen LogP contribution >= 0.6 is 0 Å². The van der Waals surface area contributed by atoms with Gasteiger partial charge in [0.05, 0.1) is 4.90 Å². The lowest BCUT2D eigenvalue weighted by atomic mass is 9.74. The van der Waals surface area contributed by atoms with Gasteiger partial charge < -0.3 is 5.32 Å². The lowest BCUT2D eigenvalue weighted by Gasteiger charge is -2.30. The van der Waals surface area contributed by atoms with E-state index < -0.39 is 10.0 Å². The molecule has 26 heavy (non-hydrogen) atoms. The number of hydrogen-bond acceptors (Lipinski definition) is 3. The van der Waals surface area contributed by atoms with Crippen LogP contribution in [0.15, 0.2) is 60.0 Å². The lowest BCUT2D eigenvalue weighted by Crippen LogP contribution is -2.45. The molecule has 0 aliphatic carbocycles. The molecule has 4 rings (SSSR count). The average molecular weight is 369 g/mol. The molecule has 0 saturated carbocycles. The molecule has 2 heterocycles. The van der Waals surface area contributed by atoms with E-state index in [1.165, 1.54) is 5.56 Å². The number of nitrogens with one attached hydrogen (secondary N) is 1. The Morgan fingerprint density at radius 3 is 2.46 bits per heavy atom. The minimum absolute atomic E-state index is 0.0455. The number of aryl methyl sites for hydroxylation is 2. The Balaban J connectivity index is 1.82. The van der Waals surface area contributed by atoms with E-state index in [9.17, 15) is 8.42 Å². The van der Waals surface area contributed by atoms with E-state index in [1.54, 1.807) is 16.4 Å². The van der Waals surface area contributed by atoms with Crippen LogP contribution in [0, 0.1) is 19.8 Å². The highest BCUT2D eigenvalue weighted by molar-refractivity contribution is 7.89. The molecular formula is C21H24N2O2S. The molecule has 0 radical (unpaired) electrons. The molecule has 0 aromatic heterocycles. The van der Waals surface area contributed by atoms with Gasteiger partial charge in [-0.25, -0.2) is 8.42 Å². The summed E-state index contributed by atoms with van der Waals surface area (Å²) in [5.41, 5.74) is 4.06. The molecule has 1 saturated heterocycles. The van der Waals surface area contributed by atoms with E-state index in [0.29, 0.717) is 11.4 Å². The van der Waals surface area contributed by atoms with Crippen LogP contribution in [0.4, 0.5) is 5.69 Å². The summed E-state index contributed by atoms with van der Waals surface area (Å²) in [6.07, 6.45) is 1.59. The van der Waals surface area contributed by atoms with Gasteiger partial charge in [0, 0.05) is 23.6 Å². The second kappa shape index (κ2) is 5.69. The van der Waals surface area contributed by atoms with E-state index in [-0.39, 0.29) is 17.5 Å². The first-order chi connectivity index (χ1) is 12.3. The predicted octanol–water partition coefficient (Wildman–Crippen LogP) is 3.82. The van der Waals surface area contributed by atoms with Crippen LogP contribution in [0.1, 0.15) is 23.6 Å². The maximum absolute atomic E-state index is 13.4. The largest absolute Gasteiger partial charge is 0.368 e. The van der Waals surface area contributed by atoms with Crippen LogP contribution in [0.2, 0.25) is 0 Å². The van der Waals surface area contributed by atoms with E-state index in [0.717, 1.165) is 16.8 Å². The summed E-state index contributed by atoms with van der Waals surface area (Å²) in [6.45, 7) is 10.6. The van der Waals surface area contributed by atoms with Crippen molar-refractivity contribution in [2.45, 2.75) is 37.2 Å². The first kappa shape index (κ1) is 17.3. The fourth-order valence-electron chi connectivity index (χ4n) is 4.36. The minimum Gasteiger partial charge on any atom is -0.368 e. The summed E-state index contributed by atoms with van der Waals surface area (Å²) in [4.78, 5) is 0.337. The average Bonchev–Trinajstić information content (AvgIpc) is 3.04. The Morgan fingerprint density at radius 1 is 1.15 bits per heavy atom. The number of anilines is 1. The van der Waals surface area contributed by atoms with Crippen molar-refractivity contribution in [3.05, 3.63) is 71.8 Å². The summed E-state index contributed by atoms with van der Waals surface area (Å²) in [6, 6.07) is 13.4. The number of nitrogens with zero attached hydrogens (tertiary/aromatic N) is 1. The van der Waals surface area contributed by atoms with E-state index in [2.05, 4.69) is 37.0 Å². The summed E-state index contributed by atoms with van der Waals surface area (Å²) in [5.74, 6) is 0.0455. The Labute approximate surface area is 155 Å². The van der Waals surface area contributed by atoms with Gasteiger partial charge in [0.1, 0.15) is 6.17 Å². The zero-order valence-corrected chi connectivity index (χ0v) is 16.2. The van der Waals surface area contributed by atoms with Crippen molar-refractivity contribution < 1.29 is 8.42 Å². The second-order valence-corrected chi connectivity index (χ2v) is 9.50. The van der Waals surface area contributed by atoms with Crippen LogP contribution < -0.4 is 5.32 Å². The highest BCUT2D eigenvalue weighted by atomic mass is 32.2. The highest BCUT2D eigenvalue weighted by Crippen LogP contribution is 2.53. The van der Waals surface area contributed by atoms with E-state index in [1.807, 2.05) is 32.1 Å². The van der Waals surface area contributed by atoms with Gasteiger partial charge in [-0.05, 0) is 43.2 Å². The Kier molecular flexibility index (Phi) is 3.79. The Morgan fingerprint density at radius 2 is 1.81 bits per heavy atom. The summed E-state index contributed by atoms with van der Waals surface area (Å²) >= 11 is 0. The van der Waals surface area contributed by atoms with Gasteiger partial charge in [-0.1, -0.05) is 42.8 Å². The highest BCUT2D eigenvalue weighted by Gasteiger charge is 2.58. The molecule has 0 amide bonds. The molecule has 136 valence electrons. The SMILES string of the molecule is C=CC1CN(S(=O)(=O)c2ccc(C)cc2)C2Nc3cc(C)ccc3C12C. The molecule has 4 nitrogen and oxygen atoms in total. The van der Waals surface area contributed by atoms with Gasteiger partial charge in [0.2, 0.25) is 10.0 Å². The molecule has 2 aliphatic rings. The standard InChI is InChI=1S/C21H24N2O2S/c1-5-16-13-23(26(24,25)17-9-6-14(2)7-10-17)20-21(16,4)18-11-8-15(3)12-19(18)22-20/h5-12,16,20,22H,1,13H2,2-4H3. The topological polar surface area (TPSA) is 49.4 Å². The minimum atomic E-state index is -3.60. The molecule has 1 fully saturated rings. The van der Waals surface area contributed by atoms with Crippen molar-refractivity contribution in [2.75, 3.05) is 11.9 Å². The van der Waals surface area contributed by atoms with Crippen LogP contribution in [0.3, 0.4) is 0 Å². The molecule has 2 aliphatic heterocycles. The fourth-order valence-corrected chi connectivity index (χ4v) is 6.01. The van der Waals surface area contributed by atoms with Gasteiger partial charge in [0.25, 0.3) is 0 Å². The van der Waals surface area contributed by atoms with Crippen molar-refractivity contribution in [3.63, 3.8) is 0 Å². The number of hydrogen-bond donors (Lipinski definition) is 1. The molecule has 0 bridgehead atoms. The molecule has 3 unspecified atom stereocenters. The number of sulfonamides is 1. The zero-order chi connectivity index (χ0) is 18.7. The van der Waals surface area contributed by atoms with Gasteiger partial charge in [-0.3, -0.25) is 0 Å². The lowest BCUT2D eigenvalue weighted by molar-refractivity contribution is 0.350. The summed E-state index contributed by atoms with van der Waals surface area (Å²) in [7, 11) is -3.60. The van der Waals surface area contributed by atoms with E-state index >= 15 is 0 Å². The number of benzene rings is 2. The second-order valence-electron chi connectivity index (χ2n) is 7.61. The van der Waals surface area contributed by atoms with Crippen molar-refractivity contribution in [2.24, 2.45) is 5.92 Å². The van der Waals surface area contributed by atoms with Crippen LogP contribution in [-0.4, -0.2) is 25.4 Å². The van der Waals surface area contributed by atoms with Gasteiger partial charge >= 0.3 is 0 Å². The zero-order valence-electron chi connectivity index (χ0n) is 15.4. The third-order valence-corrected chi connectivity index (χ3v) is 7.81. The molecule has 0 spiro atoms. The first-order valence-corrected chi connectivity index (χ1v) is 10.3. The first-order valence-electron chi connectivity index (χ1n) is 8.87. The van der Waals surface area contributed by atoms with Crippen LogP contribution in [-0.2, 0) is 15.4 Å². The van der Waals surface area contributed by atoms with Crippen molar-refractivity contribution in [3.8, 4) is 0 Å². The normalized spacial score (nSPS) is 27.7. The van der Waals surface area contributed by atoms with Crippen molar-refractivity contribution in [1.29, 1.82) is 0 Å². The quantitative estimate of drug-likeness (QED) is 0.838. The Hall–Kier alpha value is -2.11. The monoisotopic (exact) mass is 368 g/mol. The number of fused-ring (bicyclic) bond motifs is 3. The van der Waals surface area contributed by atoms with E-state index in [4.69, 9.17) is 0 Å². The molecule has 2 aromatic carbocycles. The van der Waals surface area contributed by atoms with Crippen LogP contribution in [0.25, 0.3) is 0 Å². The fraction of sp³-hybridized carbons (Fsp3) is 0.333. The Bertz CT molecular complexity index is 982. The maximum Gasteiger partial charge on any atom is 0.244 e. The smallest absolute Gasteiger partial charge is 0.244 e. The van der Waals surface area contributed by atoms with Gasteiger partial charge in [-0.15, -0.1) is 6.58 Å². The maximum atomic E-state index is 13.4. The summed E-state index contributed by atoms with van der Waals surface area (Å²) in [5, 5.41) is 3.48. The van der Waals surface area contributed by atoms with Crippen molar-refractivity contribution in [1.82, 2.24) is 4.31 Å². The third kappa shape index (κ3) is 2.27. The van der Waals surface area contributed by atoms with Crippen LogP contribution in [0.5, 0.6) is 0 Å². The molecule has 3 atom stereocenters. The number of rotatable bonds is 3. The van der Waals surface area contributed by atoms with Crippen molar-refractivity contribution >= 4 is 15.7 Å². The summed E-state index contributed by atoms with van der Waals surface area (Å²) < 4.78 is 28.3. The third-order valence-electron chi connectivity index (χ3n) is 5.96. The molecule has 1 N–H and O–H groups in total. The molecule has 2 aromatic rings. The predicted molar refractivity (Wildman–Crippen MR) is 105 cm³/mol.